The average Bonchev–Trinajstić information content (AvgIpc) is 3.40. The minimum Gasteiger partial charge on any atom is -0.349 e. The van der Waals surface area contributed by atoms with Crippen LogP contribution in [0.1, 0.15) is 41.6 Å². The maximum atomic E-state index is 12.2. The fourth-order valence-corrected chi connectivity index (χ4v) is 2.83. The number of hydrogen-bond donors (Lipinski definition) is 1. The van der Waals surface area contributed by atoms with E-state index in [4.69, 9.17) is 5.26 Å². The van der Waals surface area contributed by atoms with Crippen molar-refractivity contribution in [1.82, 2.24) is 10.2 Å². The second-order valence-corrected chi connectivity index (χ2v) is 6.04. The number of nitrogens with zero attached hydrogens (tertiary/aromatic N) is 2. The summed E-state index contributed by atoms with van der Waals surface area (Å²) in [6, 6.07) is 8.84. The SMILES string of the molecule is N#Cc1cccc(C(=O)NC2CCN(C(=O)C3CC3)CC2)c1. The first-order valence-electron chi connectivity index (χ1n) is 7.77. The molecular weight excluding hydrogens is 278 g/mol. The van der Waals surface area contributed by atoms with Crippen LogP contribution < -0.4 is 5.32 Å². The molecule has 1 saturated carbocycles. The standard InChI is InChI=1S/C17H19N3O2/c18-11-12-2-1-3-14(10-12)16(21)19-15-6-8-20(9-7-15)17(22)13-4-5-13/h1-3,10,13,15H,4-9H2,(H,19,21). The highest BCUT2D eigenvalue weighted by atomic mass is 16.2. The molecule has 0 bridgehead atoms. The molecule has 3 rings (SSSR count). The Bertz CT molecular complexity index is 623. The number of piperidine rings is 1. The van der Waals surface area contributed by atoms with Crippen molar-refractivity contribution in [3.8, 4) is 6.07 Å². The monoisotopic (exact) mass is 297 g/mol. The highest BCUT2D eigenvalue weighted by molar-refractivity contribution is 5.94. The highest BCUT2D eigenvalue weighted by Crippen LogP contribution is 2.31. The Labute approximate surface area is 129 Å². The van der Waals surface area contributed by atoms with Crippen molar-refractivity contribution in [2.24, 2.45) is 5.92 Å². The molecule has 5 nitrogen and oxygen atoms in total. The number of hydrogen-bond acceptors (Lipinski definition) is 3. The molecule has 2 fully saturated rings. The molecule has 1 heterocycles. The molecule has 2 amide bonds. The van der Waals surface area contributed by atoms with E-state index in [1.807, 2.05) is 11.0 Å². The van der Waals surface area contributed by atoms with Crippen LogP contribution in [0, 0.1) is 17.2 Å². The maximum Gasteiger partial charge on any atom is 0.251 e. The molecule has 114 valence electrons. The molecular formula is C17H19N3O2. The normalized spacial score (nSPS) is 18.6. The number of likely N-dealkylation sites (tertiary alicyclic amines) is 1. The van der Waals surface area contributed by atoms with Crippen molar-refractivity contribution in [2.75, 3.05) is 13.1 Å². The van der Waals surface area contributed by atoms with Crippen LogP contribution in [0.15, 0.2) is 24.3 Å². The summed E-state index contributed by atoms with van der Waals surface area (Å²) in [6.45, 7) is 1.44. The Morgan fingerprint density at radius 1 is 1.18 bits per heavy atom. The van der Waals surface area contributed by atoms with E-state index < -0.39 is 0 Å². The predicted octanol–water partition coefficient (Wildman–Crippen LogP) is 1.69. The van der Waals surface area contributed by atoms with Crippen molar-refractivity contribution in [3.05, 3.63) is 35.4 Å². The molecule has 1 aliphatic carbocycles. The van der Waals surface area contributed by atoms with Gasteiger partial charge in [-0.05, 0) is 43.9 Å². The zero-order valence-corrected chi connectivity index (χ0v) is 12.4. The van der Waals surface area contributed by atoms with E-state index in [1.165, 1.54) is 0 Å². The Morgan fingerprint density at radius 3 is 2.55 bits per heavy atom. The number of rotatable bonds is 3. The van der Waals surface area contributed by atoms with Gasteiger partial charge in [-0.1, -0.05) is 6.07 Å². The number of carbonyl (C=O) groups is 2. The van der Waals surface area contributed by atoms with Gasteiger partial charge in [0.2, 0.25) is 5.91 Å². The van der Waals surface area contributed by atoms with Crippen molar-refractivity contribution in [3.63, 3.8) is 0 Å². The fourth-order valence-electron chi connectivity index (χ4n) is 2.83. The number of nitriles is 1. The summed E-state index contributed by atoms with van der Waals surface area (Å²) in [5, 5.41) is 11.9. The fraction of sp³-hybridized carbons (Fsp3) is 0.471. The number of nitrogens with one attached hydrogen (secondary N) is 1. The molecule has 5 heteroatoms. The van der Waals surface area contributed by atoms with Gasteiger partial charge in [0, 0.05) is 30.6 Å². The quantitative estimate of drug-likeness (QED) is 0.922. The molecule has 1 N–H and O–H groups in total. The van der Waals surface area contributed by atoms with Gasteiger partial charge in [0.1, 0.15) is 0 Å². The predicted molar refractivity (Wildman–Crippen MR) is 80.9 cm³/mol. The van der Waals surface area contributed by atoms with E-state index in [2.05, 4.69) is 5.32 Å². The van der Waals surface area contributed by atoms with E-state index in [9.17, 15) is 9.59 Å². The summed E-state index contributed by atoms with van der Waals surface area (Å²) < 4.78 is 0. The van der Waals surface area contributed by atoms with E-state index >= 15 is 0 Å². The molecule has 1 aromatic rings. The summed E-state index contributed by atoms with van der Waals surface area (Å²) in [5.74, 6) is 0.399. The van der Waals surface area contributed by atoms with Crippen LogP contribution in [0.4, 0.5) is 0 Å². The van der Waals surface area contributed by atoms with Gasteiger partial charge < -0.3 is 10.2 Å². The summed E-state index contributed by atoms with van der Waals surface area (Å²) in [6.07, 6.45) is 3.65. The summed E-state index contributed by atoms with van der Waals surface area (Å²) in [4.78, 5) is 26.1. The third kappa shape index (κ3) is 3.28. The van der Waals surface area contributed by atoms with Gasteiger partial charge >= 0.3 is 0 Å². The van der Waals surface area contributed by atoms with Crippen molar-refractivity contribution < 1.29 is 9.59 Å². The number of benzene rings is 1. The van der Waals surface area contributed by atoms with Crippen molar-refractivity contribution in [2.45, 2.75) is 31.7 Å². The first kappa shape index (κ1) is 14.6. The second-order valence-electron chi connectivity index (χ2n) is 6.04. The first-order chi connectivity index (χ1) is 10.7. The zero-order chi connectivity index (χ0) is 15.5. The number of carbonyl (C=O) groups excluding carboxylic acids is 2. The number of amides is 2. The van der Waals surface area contributed by atoms with Gasteiger partial charge in [-0.25, -0.2) is 0 Å². The molecule has 2 aliphatic rings. The maximum absolute atomic E-state index is 12.2. The van der Waals surface area contributed by atoms with Gasteiger partial charge in [0.15, 0.2) is 0 Å². The zero-order valence-electron chi connectivity index (χ0n) is 12.4. The minimum atomic E-state index is -0.149. The second kappa shape index (κ2) is 6.18. The average molecular weight is 297 g/mol. The lowest BCUT2D eigenvalue weighted by Crippen LogP contribution is -2.47. The molecule has 1 aliphatic heterocycles. The molecule has 0 spiro atoms. The molecule has 1 aromatic carbocycles. The Balaban J connectivity index is 1.52. The van der Waals surface area contributed by atoms with Gasteiger partial charge in [-0.15, -0.1) is 0 Å². The molecule has 1 saturated heterocycles. The smallest absolute Gasteiger partial charge is 0.251 e. The Morgan fingerprint density at radius 2 is 1.91 bits per heavy atom. The third-order valence-corrected chi connectivity index (χ3v) is 4.32. The van der Waals surface area contributed by atoms with E-state index in [0.29, 0.717) is 11.1 Å². The highest BCUT2D eigenvalue weighted by Gasteiger charge is 2.35. The molecule has 0 atom stereocenters. The van der Waals surface area contributed by atoms with E-state index in [0.717, 1.165) is 38.8 Å². The van der Waals surface area contributed by atoms with Gasteiger partial charge in [-0.2, -0.15) is 5.26 Å². The molecule has 22 heavy (non-hydrogen) atoms. The Kier molecular flexibility index (Phi) is 4.10. The van der Waals surface area contributed by atoms with Crippen LogP contribution in [0.3, 0.4) is 0 Å². The Hall–Kier alpha value is -2.35. The van der Waals surface area contributed by atoms with Gasteiger partial charge in [-0.3, -0.25) is 9.59 Å². The summed E-state index contributed by atoms with van der Waals surface area (Å²) in [5.41, 5.74) is 0.994. The van der Waals surface area contributed by atoms with Crippen LogP contribution >= 0.6 is 0 Å². The van der Waals surface area contributed by atoms with Crippen LogP contribution in [-0.2, 0) is 4.79 Å². The largest absolute Gasteiger partial charge is 0.349 e. The lowest BCUT2D eigenvalue weighted by Gasteiger charge is -2.32. The molecule has 0 aromatic heterocycles. The summed E-state index contributed by atoms with van der Waals surface area (Å²) in [7, 11) is 0. The van der Waals surface area contributed by atoms with Gasteiger partial charge in [0.25, 0.3) is 5.91 Å². The molecule has 0 radical (unpaired) electrons. The lowest BCUT2D eigenvalue weighted by molar-refractivity contribution is -0.133. The summed E-state index contributed by atoms with van der Waals surface area (Å²) >= 11 is 0. The topological polar surface area (TPSA) is 73.2 Å². The van der Waals surface area contributed by atoms with E-state index in [-0.39, 0.29) is 23.8 Å². The van der Waals surface area contributed by atoms with Crippen LogP contribution in [-0.4, -0.2) is 35.8 Å². The van der Waals surface area contributed by atoms with Crippen molar-refractivity contribution >= 4 is 11.8 Å². The van der Waals surface area contributed by atoms with Crippen LogP contribution in [0.5, 0.6) is 0 Å². The first-order valence-corrected chi connectivity index (χ1v) is 7.77. The molecule has 0 unspecified atom stereocenters. The van der Waals surface area contributed by atoms with E-state index in [1.54, 1.807) is 24.3 Å². The van der Waals surface area contributed by atoms with Gasteiger partial charge in [0.05, 0.1) is 11.6 Å². The minimum absolute atomic E-state index is 0.0986. The van der Waals surface area contributed by atoms with Crippen molar-refractivity contribution in [1.29, 1.82) is 5.26 Å². The van der Waals surface area contributed by atoms with Crippen LogP contribution in [0.2, 0.25) is 0 Å². The van der Waals surface area contributed by atoms with Crippen LogP contribution in [0.25, 0.3) is 0 Å². The lowest BCUT2D eigenvalue weighted by atomic mass is 10.0. The third-order valence-electron chi connectivity index (χ3n) is 4.32.